The van der Waals surface area contributed by atoms with Crippen molar-refractivity contribution >= 4 is 63.3 Å². The molecule has 4 atom stereocenters. The largest absolute Gasteiger partial charge is 0.463 e. The number of hydrogen-bond donors (Lipinski definition) is 0. The highest BCUT2D eigenvalue weighted by atomic mass is 127. The van der Waals surface area contributed by atoms with Crippen molar-refractivity contribution in [1.82, 2.24) is 19.5 Å². The number of hydrogen-bond acceptors (Lipinski definition) is 10. The van der Waals surface area contributed by atoms with Crippen LogP contribution in [0.2, 0.25) is 5.15 Å². The molecule has 0 saturated carbocycles. The molecule has 13 heteroatoms. The van der Waals surface area contributed by atoms with Gasteiger partial charge < -0.3 is 18.9 Å². The number of aromatic nitrogens is 4. The number of fused-ring (bicyclic) bond motifs is 1. The Labute approximate surface area is 183 Å². The summed E-state index contributed by atoms with van der Waals surface area (Å²) in [4.78, 5) is 47.1. The van der Waals surface area contributed by atoms with Crippen LogP contribution in [-0.2, 0) is 33.3 Å². The van der Waals surface area contributed by atoms with E-state index in [9.17, 15) is 14.4 Å². The van der Waals surface area contributed by atoms with Gasteiger partial charge >= 0.3 is 17.9 Å². The molecule has 0 bridgehead atoms. The summed E-state index contributed by atoms with van der Waals surface area (Å²) in [6.07, 6.45) is -2.50. The number of ether oxygens (including phenoxy) is 4. The molecule has 11 nitrogen and oxygen atoms in total. The second-order valence-electron chi connectivity index (χ2n) is 6.12. The molecule has 0 spiro atoms. The van der Waals surface area contributed by atoms with Crippen molar-refractivity contribution in [2.75, 3.05) is 6.61 Å². The van der Waals surface area contributed by atoms with Gasteiger partial charge in [0.25, 0.3) is 0 Å². The Bertz CT molecular complexity index is 968. The number of carbonyl (C=O) groups is 3. The van der Waals surface area contributed by atoms with E-state index in [0.29, 0.717) is 15.0 Å². The smallest absolute Gasteiger partial charge is 0.303 e. The van der Waals surface area contributed by atoms with Crippen LogP contribution in [0.25, 0.3) is 11.2 Å². The minimum absolute atomic E-state index is 0.146. The maximum Gasteiger partial charge on any atom is 0.303 e. The lowest BCUT2D eigenvalue weighted by Crippen LogP contribution is -2.40. The number of halogens is 2. The van der Waals surface area contributed by atoms with E-state index in [1.165, 1.54) is 31.7 Å². The first-order valence-corrected chi connectivity index (χ1v) is 9.82. The predicted molar refractivity (Wildman–Crippen MR) is 105 cm³/mol. The minimum Gasteiger partial charge on any atom is -0.463 e. The molecule has 0 N–H and O–H groups in total. The van der Waals surface area contributed by atoms with Crippen LogP contribution < -0.4 is 0 Å². The summed E-state index contributed by atoms with van der Waals surface area (Å²) in [6, 6.07) is 0. The first-order valence-electron chi connectivity index (χ1n) is 8.36. The van der Waals surface area contributed by atoms with Gasteiger partial charge in [0, 0.05) is 43.4 Å². The highest BCUT2D eigenvalue weighted by Crippen LogP contribution is 2.36. The molecule has 29 heavy (non-hydrogen) atoms. The lowest BCUT2D eigenvalue weighted by Gasteiger charge is -2.23. The Balaban J connectivity index is 2.04. The maximum atomic E-state index is 11.7. The molecule has 1 aliphatic heterocycles. The van der Waals surface area contributed by atoms with Crippen LogP contribution >= 0.6 is 34.2 Å². The molecular weight excluding hydrogens is 523 g/mol. The highest BCUT2D eigenvalue weighted by Gasteiger charge is 2.51. The first-order chi connectivity index (χ1) is 13.7. The van der Waals surface area contributed by atoms with Crippen LogP contribution in [0.4, 0.5) is 0 Å². The Kier molecular flexibility index (Phi) is 6.53. The third-order valence-corrected chi connectivity index (χ3v) is 4.71. The van der Waals surface area contributed by atoms with Gasteiger partial charge in [-0.2, -0.15) is 0 Å². The van der Waals surface area contributed by atoms with Gasteiger partial charge in [0.1, 0.15) is 18.2 Å². The molecule has 2 aromatic heterocycles. The summed E-state index contributed by atoms with van der Waals surface area (Å²) in [6.45, 7) is 3.46. The quantitative estimate of drug-likeness (QED) is 0.181. The maximum absolute atomic E-state index is 11.7. The van der Waals surface area contributed by atoms with Gasteiger partial charge in [-0.1, -0.05) is 11.6 Å². The van der Waals surface area contributed by atoms with Gasteiger partial charge in [-0.25, -0.2) is 15.0 Å². The van der Waals surface area contributed by atoms with E-state index in [0.717, 1.165) is 0 Å². The molecular formula is C16H16ClIN4O7. The third kappa shape index (κ3) is 4.75. The van der Waals surface area contributed by atoms with E-state index >= 15 is 0 Å². The molecule has 1 saturated heterocycles. The number of carbonyl (C=O) groups excluding carboxylic acids is 3. The molecule has 3 heterocycles. The van der Waals surface area contributed by atoms with Crippen molar-refractivity contribution < 1.29 is 33.3 Å². The summed E-state index contributed by atoms with van der Waals surface area (Å²) < 4.78 is 23.6. The fourth-order valence-corrected chi connectivity index (χ4v) is 3.79. The van der Waals surface area contributed by atoms with Gasteiger partial charge in [0.2, 0.25) is 0 Å². The van der Waals surface area contributed by atoms with Gasteiger partial charge in [0.15, 0.2) is 33.1 Å². The van der Waals surface area contributed by atoms with E-state index in [-0.39, 0.29) is 11.8 Å². The first kappa shape index (κ1) is 21.6. The van der Waals surface area contributed by atoms with Crippen LogP contribution in [0.5, 0.6) is 0 Å². The summed E-state index contributed by atoms with van der Waals surface area (Å²) in [5.74, 6) is -1.76. The van der Waals surface area contributed by atoms with E-state index in [4.69, 9.17) is 30.5 Å². The molecule has 0 aliphatic carbocycles. The van der Waals surface area contributed by atoms with Crippen LogP contribution in [0.1, 0.15) is 27.0 Å². The zero-order chi connectivity index (χ0) is 21.3. The average molecular weight is 539 g/mol. The van der Waals surface area contributed by atoms with Gasteiger partial charge in [-0.05, 0) is 0 Å². The normalized spacial score (nSPS) is 23.8. The van der Waals surface area contributed by atoms with E-state index in [1.807, 2.05) is 22.6 Å². The molecule has 0 radical (unpaired) electrons. The second kappa shape index (κ2) is 8.75. The number of esters is 3. The molecule has 2 aromatic rings. The topological polar surface area (TPSA) is 132 Å². The van der Waals surface area contributed by atoms with Gasteiger partial charge in [-0.3, -0.25) is 19.0 Å². The van der Waals surface area contributed by atoms with Crippen molar-refractivity contribution in [2.45, 2.75) is 45.3 Å². The van der Waals surface area contributed by atoms with Crippen LogP contribution in [-0.4, -0.2) is 62.3 Å². The standard InChI is InChI=1S/C16H16ClIN4O7/c1-6(23)26-4-9-11(27-7(2)24)12(28-8(3)25)15(29-9)22-5-19-10-13(17)20-16(18)21-14(10)22/h5,9,11-12,15H,4H2,1-3H3/t9?,11?,12-,15?/m1/s1. The molecule has 1 fully saturated rings. The van der Waals surface area contributed by atoms with Crippen LogP contribution in [0, 0.1) is 3.83 Å². The fraction of sp³-hybridized carbons (Fsp3) is 0.500. The monoisotopic (exact) mass is 538 g/mol. The lowest BCUT2D eigenvalue weighted by molar-refractivity contribution is -0.166. The van der Waals surface area contributed by atoms with Gasteiger partial charge in [0.05, 0.1) is 6.33 Å². The zero-order valence-corrected chi connectivity index (χ0v) is 18.4. The average Bonchev–Trinajstić information content (AvgIpc) is 3.15. The molecule has 3 rings (SSSR count). The van der Waals surface area contributed by atoms with Crippen LogP contribution in [0.15, 0.2) is 6.33 Å². The van der Waals surface area contributed by atoms with E-state index < -0.39 is 42.4 Å². The Hall–Kier alpha value is -2.06. The van der Waals surface area contributed by atoms with E-state index in [1.54, 1.807) is 0 Å². The Morgan fingerprint density at radius 2 is 1.79 bits per heavy atom. The Morgan fingerprint density at radius 3 is 2.41 bits per heavy atom. The van der Waals surface area contributed by atoms with Crippen molar-refractivity contribution in [3.8, 4) is 0 Å². The lowest BCUT2D eigenvalue weighted by atomic mass is 10.1. The molecule has 1 aliphatic rings. The second-order valence-corrected chi connectivity index (χ2v) is 7.45. The van der Waals surface area contributed by atoms with Crippen molar-refractivity contribution in [2.24, 2.45) is 0 Å². The van der Waals surface area contributed by atoms with Crippen molar-refractivity contribution in [3.05, 3.63) is 15.3 Å². The molecule has 3 unspecified atom stereocenters. The number of rotatable bonds is 5. The van der Waals surface area contributed by atoms with Crippen molar-refractivity contribution in [1.29, 1.82) is 0 Å². The highest BCUT2D eigenvalue weighted by molar-refractivity contribution is 14.1. The third-order valence-electron chi connectivity index (χ3n) is 3.97. The fourth-order valence-electron chi connectivity index (χ4n) is 2.96. The number of nitrogens with zero attached hydrogens (tertiary/aromatic N) is 4. The summed E-state index contributed by atoms with van der Waals surface area (Å²) in [5, 5.41) is 0.146. The van der Waals surface area contributed by atoms with Crippen LogP contribution in [0.3, 0.4) is 0 Å². The summed E-state index contributed by atoms with van der Waals surface area (Å²) in [5.41, 5.74) is 0.663. The molecule has 0 amide bonds. The Morgan fingerprint density at radius 1 is 1.14 bits per heavy atom. The zero-order valence-electron chi connectivity index (χ0n) is 15.5. The molecule has 156 valence electrons. The SMILES string of the molecule is CC(=O)OCC1OC(n2cnc3c(Cl)nc(I)nc32)[C@H](OC(C)=O)C1OC(C)=O. The summed E-state index contributed by atoms with van der Waals surface area (Å²) >= 11 is 8.03. The van der Waals surface area contributed by atoms with Gasteiger partial charge in [-0.15, -0.1) is 0 Å². The van der Waals surface area contributed by atoms with E-state index in [2.05, 4.69) is 15.0 Å². The molecule has 0 aromatic carbocycles. The number of imidazole rings is 1. The predicted octanol–water partition coefficient (Wildman–Crippen LogP) is 1.41. The van der Waals surface area contributed by atoms with Crippen molar-refractivity contribution in [3.63, 3.8) is 0 Å². The summed E-state index contributed by atoms with van der Waals surface area (Å²) in [7, 11) is 0. The minimum atomic E-state index is -1.04.